The molecule has 1 heterocycles. The molecule has 0 aliphatic heterocycles. The van der Waals surface area contributed by atoms with Crippen LogP contribution in [0.2, 0.25) is 0 Å². The lowest BCUT2D eigenvalue weighted by molar-refractivity contribution is -0.137. The predicted octanol–water partition coefficient (Wildman–Crippen LogP) is 2.65. The summed E-state index contributed by atoms with van der Waals surface area (Å²) in [4.78, 5) is 11.8. The van der Waals surface area contributed by atoms with Crippen molar-refractivity contribution >= 4 is 11.7 Å². The smallest absolute Gasteiger partial charge is 0.367 e. The normalized spacial score (nSPS) is 11.1. The molecule has 0 radical (unpaired) electrons. The second-order valence-electron chi connectivity index (χ2n) is 4.82. The number of alkyl halides is 3. The second kappa shape index (κ2) is 7.08. The number of aryl methyl sites for hydroxylation is 1. The van der Waals surface area contributed by atoms with Gasteiger partial charge in [0.25, 0.3) is 5.91 Å². The highest BCUT2D eigenvalue weighted by molar-refractivity contribution is 5.94. The maximum absolute atomic E-state index is 12.4. The van der Waals surface area contributed by atoms with E-state index in [0.717, 1.165) is 30.0 Å². The van der Waals surface area contributed by atoms with E-state index in [1.807, 2.05) is 6.92 Å². The number of benzene rings is 1. The van der Waals surface area contributed by atoms with E-state index in [1.165, 1.54) is 0 Å². The molecule has 23 heavy (non-hydrogen) atoms. The van der Waals surface area contributed by atoms with Crippen LogP contribution >= 0.6 is 0 Å². The fourth-order valence-electron chi connectivity index (χ4n) is 1.77. The summed E-state index contributed by atoms with van der Waals surface area (Å²) in [5.41, 5.74) is 0.188. The molecule has 2 N–H and O–H groups in total. The fraction of sp³-hybridized carbons (Fsp3) is 0.267. The Morgan fingerprint density at radius 2 is 1.74 bits per heavy atom. The van der Waals surface area contributed by atoms with Gasteiger partial charge in [0.05, 0.1) is 11.3 Å². The Kier molecular flexibility index (Phi) is 5.15. The lowest BCUT2D eigenvalue weighted by Crippen LogP contribution is -2.29. The van der Waals surface area contributed by atoms with E-state index in [1.54, 1.807) is 12.1 Å². The van der Waals surface area contributed by atoms with Gasteiger partial charge in [-0.25, -0.2) is 0 Å². The standard InChI is InChI=1S/C15H15F3N4O/c1-10-2-7-13(22-21-10)19-8-9-20-14(23)11-3-5-12(6-4-11)15(16,17)18/h2-7H,8-9H2,1H3,(H,19,22)(H,20,23). The lowest BCUT2D eigenvalue weighted by Gasteiger charge is -2.09. The van der Waals surface area contributed by atoms with Gasteiger partial charge in [0.15, 0.2) is 0 Å². The SMILES string of the molecule is Cc1ccc(NCCNC(=O)c2ccc(C(F)(F)F)cc2)nn1. The molecule has 1 aromatic carbocycles. The van der Waals surface area contributed by atoms with Gasteiger partial charge in [0.1, 0.15) is 5.82 Å². The summed E-state index contributed by atoms with van der Waals surface area (Å²) in [6.07, 6.45) is -4.41. The van der Waals surface area contributed by atoms with Crippen LogP contribution in [-0.4, -0.2) is 29.2 Å². The fourth-order valence-corrected chi connectivity index (χ4v) is 1.77. The minimum absolute atomic E-state index is 0.174. The minimum Gasteiger partial charge on any atom is -0.367 e. The number of hydrogen-bond donors (Lipinski definition) is 2. The number of nitrogens with one attached hydrogen (secondary N) is 2. The molecule has 0 saturated carbocycles. The van der Waals surface area contributed by atoms with Crippen molar-refractivity contribution in [3.05, 3.63) is 53.2 Å². The van der Waals surface area contributed by atoms with Crippen LogP contribution in [0.15, 0.2) is 36.4 Å². The van der Waals surface area contributed by atoms with E-state index < -0.39 is 17.6 Å². The number of carbonyl (C=O) groups is 1. The van der Waals surface area contributed by atoms with Crippen LogP contribution in [0.3, 0.4) is 0 Å². The average Bonchev–Trinajstić information content (AvgIpc) is 2.52. The summed E-state index contributed by atoms with van der Waals surface area (Å²) < 4.78 is 37.3. The third kappa shape index (κ3) is 4.94. The Bertz CT molecular complexity index is 654. The van der Waals surface area contributed by atoms with Crippen molar-refractivity contribution in [3.8, 4) is 0 Å². The Balaban J connectivity index is 1.79. The first-order valence-corrected chi connectivity index (χ1v) is 6.86. The van der Waals surface area contributed by atoms with Crippen molar-refractivity contribution in [3.63, 3.8) is 0 Å². The van der Waals surface area contributed by atoms with Crippen molar-refractivity contribution in [1.82, 2.24) is 15.5 Å². The molecule has 0 spiro atoms. The number of hydrogen-bond acceptors (Lipinski definition) is 4. The third-order valence-electron chi connectivity index (χ3n) is 2.99. The van der Waals surface area contributed by atoms with Gasteiger partial charge in [-0.05, 0) is 43.3 Å². The highest BCUT2D eigenvalue weighted by Gasteiger charge is 2.30. The molecule has 2 aromatic rings. The molecule has 0 saturated heterocycles. The second-order valence-corrected chi connectivity index (χ2v) is 4.82. The molecule has 0 bridgehead atoms. The minimum atomic E-state index is -4.41. The number of halogens is 3. The van der Waals surface area contributed by atoms with Gasteiger partial charge < -0.3 is 10.6 Å². The van der Waals surface area contributed by atoms with Crippen LogP contribution in [0.4, 0.5) is 19.0 Å². The quantitative estimate of drug-likeness (QED) is 0.830. The van der Waals surface area contributed by atoms with Gasteiger partial charge in [-0.1, -0.05) is 0 Å². The van der Waals surface area contributed by atoms with E-state index in [-0.39, 0.29) is 5.56 Å². The zero-order valence-corrected chi connectivity index (χ0v) is 12.3. The Labute approximate surface area is 130 Å². The Morgan fingerprint density at radius 3 is 2.30 bits per heavy atom. The lowest BCUT2D eigenvalue weighted by atomic mass is 10.1. The van der Waals surface area contributed by atoms with E-state index in [0.29, 0.717) is 18.9 Å². The van der Waals surface area contributed by atoms with E-state index in [9.17, 15) is 18.0 Å². The van der Waals surface area contributed by atoms with E-state index >= 15 is 0 Å². The number of aromatic nitrogens is 2. The molecule has 1 amide bonds. The van der Waals surface area contributed by atoms with Crippen molar-refractivity contribution in [2.75, 3.05) is 18.4 Å². The van der Waals surface area contributed by atoms with Crippen LogP contribution in [0.5, 0.6) is 0 Å². The molecule has 0 aliphatic rings. The molecular formula is C15H15F3N4O. The summed E-state index contributed by atoms with van der Waals surface area (Å²) in [5.74, 6) is 0.148. The molecule has 0 aliphatic carbocycles. The summed E-state index contributed by atoms with van der Waals surface area (Å²) in [6, 6.07) is 7.63. The topological polar surface area (TPSA) is 66.9 Å². The maximum atomic E-state index is 12.4. The first-order chi connectivity index (χ1) is 10.9. The third-order valence-corrected chi connectivity index (χ3v) is 2.99. The summed E-state index contributed by atoms with van der Waals surface area (Å²) in [7, 11) is 0. The predicted molar refractivity (Wildman–Crippen MR) is 79.0 cm³/mol. The largest absolute Gasteiger partial charge is 0.416 e. The van der Waals surface area contributed by atoms with E-state index in [4.69, 9.17) is 0 Å². The van der Waals surface area contributed by atoms with Gasteiger partial charge in [-0.3, -0.25) is 4.79 Å². The summed E-state index contributed by atoms with van der Waals surface area (Å²) >= 11 is 0. The van der Waals surface area contributed by atoms with Crippen LogP contribution in [0.1, 0.15) is 21.6 Å². The van der Waals surface area contributed by atoms with E-state index in [2.05, 4.69) is 20.8 Å². The van der Waals surface area contributed by atoms with Crippen molar-refractivity contribution < 1.29 is 18.0 Å². The number of rotatable bonds is 5. The summed E-state index contributed by atoms with van der Waals surface area (Å²) in [5, 5.41) is 13.4. The highest BCUT2D eigenvalue weighted by Crippen LogP contribution is 2.28. The molecule has 1 aromatic heterocycles. The van der Waals surface area contributed by atoms with Gasteiger partial charge >= 0.3 is 6.18 Å². The zero-order chi connectivity index (χ0) is 16.9. The molecular weight excluding hydrogens is 309 g/mol. The Morgan fingerprint density at radius 1 is 1.04 bits per heavy atom. The van der Waals surface area contributed by atoms with Crippen molar-refractivity contribution in [1.29, 1.82) is 0 Å². The Hall–Kier alpha value is -2.64. The first-order valence-electron chi connectivity index (χ1n) is 6.86. The van der Waals surface area contributed by atoms with Crippen LogP contribution in [0.25, 0.3) is 0 Å². The van der Waals surface area contributed by atoms with Crippen LogP contribution < -0.4 is 10.6 Å². The molecule has 5 nitrogen and oxygen atoms in total. The molecule has 0 fully saturated rings. The number of anilines is 1. The molecule has 2 rings (SSSR count). The maximum Gasteiger partial charge on any atom is 0.416 e. The number of amides is 1. The molecule has 0 unspecified atom stereocenters. The molecule has 8 heteroatoms. The van der Waals surface area contributed by atoms with Gasteiger partial charge in [0.2, 0.25) is 0 Å². The van der Waals surface area contributed by atoms with Crippen LogP contribution in [0, 0.1) is 6.92 Å². The monoisotopic (exact) mass is 324 g/mol. The molecule has 0 atom stereocenters. The number of nitrogens with zero attached hydrogens (tertiary/aromatic N) is 2. The highest BCUT2D eigenvalue weighted by atomic mass is 19.4. The zero-order valence-electron chi connectivity index (χ0n) is 12.3. The van der Waals surface area contributed by atoms with Crippen LogP contribution in [-0.2, 0) is 6.18 Å². The average molecular weight is 324 g/mol. The number of carbonyl (C=O) groups excluding carboxylic acids is 1. The van der Waals surface area contributed by atoms with Crippen molar-refractivity contribution in [2.45, 2.75) is 13.1 Å². The van der Waals surface area contributed by atoms with Crippen molar-refractivity contribution in [2.24, 2.45) is 0 Å². The molecule has 122 valence electrons. The van der Waals surface area contributed by atoms with Gasteiger partial charge in [-0.2, -0.15) is 18.3 Å². The van der Waals surface area contributed by atoms with Gasteiger partial charge in [0, 0.05) is 18.7 Å². The van der Waals surface area contributed by atoms with Gasteiger partial charge in [-0.15, -0.1) is 5.10 Å². The first kappa shape index (κ1) is 16.7. The summed E-state index contributed by atoms with van der Waals surface area (Å²) in [6.45, 7) is 2.54.